The number of carbonyl (C=O) groups is 5. The molecule has 1 aromatic rings. The maximum Gasteiger partial charge on any atom is 0.411 e. The average Bonchev–Trinajstić information content (AvgIpc) is 3.44. The number of hydrogen-bond donors (Lipinski definition) is 5. The second-order valence-electron chi connectivity index (χ2n) is 13.5. The summed E-state index contributed by atoms with van der Waals surface area (Å²) in [6, 6.07) is 1.79. The maximum absolute atomic E-state index is 14.4. The molecular weight excluding hydrogens is 602 g/mol. The number of ether oxygens (including phenoxy) is 2. The molecule has 0 spiro atoms. The first-order valence-corrected chi connectivity index (χ1v) is 15.0. The third-order valence-corrected chi connectivity index (χ3v) is 9.37. The van der Waals surface area contributed by atoms with Gasteiger partial charge in [-0.3, -0.25) is 24.2 Å². The predicted molar refractivity (Wildman–Crippen MR) is 160 cm³/mol. The summed E-state index contributed by atoms with van der Waals surface area (Å²) >= 11 is 0. The highest BCUT2D eigenvalue weighted by atomic mass is 16.6. The Balaban J connectivity index is 1.72. The average molecular weight is 642 g/mol. The summed E-state index contributed by atoms with van der Waals surface area (Å²) in [7, 11) is 2.88. The number of rotatable bonds is 4. The van der Waals surface area contributed by atoms with Gasteiger partial charge in [-0.05, 0) is 65.3 Å². The summed E-state index contributed by atoms with van der Waals surface area (Å²) in [6.07, 6.45) is -1.69. The van der Waals surface area contributed by atoms with E-state index >= 15 is 0 Å². The SMILES string of the molecule is C[C@@H]1c2cccc(O)c2C(O)=C2C(=O)[C@@]3(O)C(O)=C(C(N)=O)C(=O)[C@H](N(C)C)[C@H]3[C@H](OC(=O)C3CCCN3C(=O)OC(C)(C)C)[C@H]21. The Morgan fingerprint density at radius 2 is 1.76 bits per heavy atom. The Labute approximate surface area is 265 Å². The van der Waals surface area contributed by atoms with Gasteiger partial charge in [0.15, 0.2) is 11.4 Å². The van der Waals surface area contributed by atoms with Crippen molar-refractivity contribution in [3.05, 3.63) is 46.2 Å². The van der Waals surface area contributed by atoms with Gasteiger partial charge in [-0.2, -0.15) is 0 Å². The molecule has 14 heteroatoms. The first-order valence-electron chi connectivity index (χ1n) is 15.0. The summed E-state index contributed by atoms with van der Waals surface area (Å²) in [5, 5.41) is 45.7. The molecule has 6 N–H and O–H groups in total. The molecule has 2 amide bonds. The molecule has 1 aromatic carbocycles. The van der Waals surface area contributed by atoms with E-state index in [9.17, 15) is 44.4 Å². The molecular formula is C32H39N3O11. The number of likely N-dealkylation sites (tertiary alicyclic amines) is 1. The van der Waals surface area contributed by atoms with E-state index in [-0.39, 0.29) is 24.3 Å². The highest BCUT2D eigenvalue weighted by Crippen LogP contribution is 2.57. The number of nitrogens with zero attached hydrogens (tertiary/aromatic N) is 2. The van der Waals surface area contributed by atoms with Crippen LogP contribution in [-0.2, 0) is 28.7 Å². The fourth-order valence-electron chi connectivity index (χ4n) is 7.45. The van der Waals surface area contributed by atoms with Crippen LogP contribution in [0, 0.1) is 11.8 Å². The minimum Gasteiger partial charge on any atom is -0.508 e. The molecule has 1 heterocycles. The number of hydrogen-bond acceptors (Lipinski definition) is 12. The molecule has 0 aromatic heterocycles. The molecule has 7 atom stereocenters. The summed E-state index contributed by atoms with van der Waals surface area (Å²) in [5.74, 6) is -10.7. The zero-order valence-electron chi connectivity index (χ0n) is 26.4. The van der Waals surface area contributed by atoms with Gasteiger partial charge in [-0.15, -0.1) is 0 Å². The summed E-state index contributed by atoms with van der Waals surface area (Å²) in [5.41, 5.74) is 0.329. The van der Waals surface area contributed by atoms with Crippen LogP contribution in [0.5, 0.6) is 5.75 Å². The van der Waals surface area contributed by atoms with E-state index in [1.165, 1.54) is 36.0 Å². The highest BCUT2D eigenvalue weighted by molar-refractivity contribution is 6.24. The van der Waals surface area contributed by atoms with Crippen LogP contribution in [0.4, 0.5) is 4.79 Å². The molecule has 0 bridgehead atoms. The normalized spacial score (nSPS) is 31.0. The van der Waals surface area contributed by atoms with Crippen LogP contribution in [0.25, 0.3) is 5.76 Å². The standard InChI is InChI=1S/C32H39N3O11/c1-13-14-9-7-11-16(36)18(14)23(37)19-17(13)25(45-29(42)15-10-8-12-35(15)30(43)46-31(2,3)4)21-22(34(5)6)24(38)20(28(33)41)27(40)32(21,44)26(19)39/h7,9,11,13,15,17,21-22,25,36-37,40,44H,8,10,12H2,1-6H3,(H2,33,41)/t13-,15?,17+,21+,22-,25-,32-/m1/s1. The molecule has 1 saturated carbocycles. The van der Waals surface area contributed by atoms with Gasteiger partial charge >= 0.3 is 12.1 Å². The van der Waals surface area contributed by atoms with Gasteiger partial charge in [0.25, 0.3) is 5.91 Å². The summed E-state index contributed by atoms with van der Waals surface area (Å²) in [6.45, 7) is 6.88. The zero-order valence-corrected chi connectivity index (χ0v) is 26.4. The topological polar surface area (TPSA) is 217 Å². The van der Waals surface area contributed by atoms with Crippen LogP contribution in [0.15, 0.2) is 35.1 Å². The molecule has 14 nitrogen and oxygen atoms in total. The number of esters is 1. The molecule has 2 fully saturated rings. The quantitative estimate of drug-likeness (QED) is 0.233. The number of amides is 2. The van der Waals surface area contributed by atoms with Gasteiger partial charge in [-0.1, -0.05) is 19.1 Å². The van der Waals surface area contributed by atoms with Gasteiger partial charge in [0.1, 0.15) is 40.6 Å². The second kappa shape index (κ2) is 11.1. The lowest BCUT2D eigenvalue weighted by Gasteiger charge is -2.54. The Morgan fingerprint density at radius 3 is 2.35 bits per heavy atom. The van der Waals surface area contributed by atoms with Crippen LogP contribution < -0.4 is 5.73 Å². The number of phenols is 1. The number of Topliss-reactive ketones (excluding diaryl/α,β-unsaturated/α-hetero) is 2. The number of ketones is 2. The number of primary amides is 1. The Morgan fingerprint density at radius 1 is 1.11 bits per heavy atom. The molecule has 46 heavy (non-hydrogen) atoms. The molecule has 3 aliphatic carbocycles. The van der Waals surface area contributed by atoms with E-state index in [1.54, 1.807) is 33.8 Å². The summed E-state index contributed by atoms with van der Waals surface area (Å²) < 4.78 is 11.6. The van der Waals surface area contributed by atoms with Crippen molar-refractivity contribution in [2.75, 3.05) is 20.6 Å². The molecule has 1 aliphatic heterocycles. The lowest BCUT2D eigenvalue weighted by molar-refractivity contribution is -0.187. The molecule has 0 radical (unpaired) electrons. The number of benzene rings is 1. The van der Waals surface area contributed by atoms with E-state index in [1.807, 2.05) is 0 Å². The molecule has 248 valence electrons. The molecule has 4 aliphatic rings. The first-order chi connectivity index (χ1) is 21.3. The van der Waals surface area contributed by atoms with Gasteiger partial charge < -0.3 is 35.6 Å². The predicted octanol–water partition coefficient (Wildman–Crippen LogP) is 1.45. The van der Waals surface area contributed by atoms with Crippen LogP contribution in [0.2, 0.25) is 0 Å². The fraction of sp³-hybridized carbons (Fsp3) is 0.531. The molecule has 1 saturated heterocycles. The number of aliphatic hydroxyl groups excluding tert-OH is 2. The zero-order chi connectivity index (χ0) is 34.2. The van der Waals surface area contributed by atoms with Crippen molar-refractivity contribution < 1.29 is 53.9 Å². The number of likely N-dealkylation sites (N-methyl/N-ethyl adjacent to an activating group) is 1. The largest absolute Gasteiger partial charge is 0.508 e. The third kappa shape index (κ3) is 4.81. The van der Waals surface area contributed by atoms with E-state index < -0.39 is 99.3 Å². The smallest absolute Gasteiger partial charge is 0.411 e. The Hall–Kier alpha value is -4.43. The second-order valence-corrected chi connectivity index (χ2v) is 13.5. The first kappa shape index (κ1) is 32.9. The summed E-state index contributed by atoms with van der Waals surface area (Å²) in [4.78, 5) is 70.1. The van der Waals surface area contributed by atoms with Crippen molar-refractivity contribution >= 4 is 35.3 Å². The maximum atomic E-state index is 14.4. The van der Waals surface area contributed by atoms with Crippen molar-refractivity contribution in [1.29, 1.82) is 0 Å². The lowest BCUT2D eigenvalue weighted by atomic mass is 9.54. The molecule has 1 unspecified atom stereocenters. The van der Waals surface area contributed by atoms with E-state index in [0.717, 1.165) is 0 Å². The monoisotopic (exact) mass is 641 g/mol. The van der Waals surface area contributed by atoms with Crippen molar-refractivity contribution in [3.63, 3.8) is 0 Å². The lowest BCUT2D eigenvalue weighted by Crippen LogP contribution is -2.71. The number of aromatic hydroxyl groups is 1. The Bertz CT molecular complexity index is 1610. The van der Waals surface area contributed by atoms with E-state index in [2.05, 4.69) is 0 Å². The van der Waals surface area contributed by atoms with E-state index in [0.29, 0.717) is 12.0 Å². The number of aliphatic hydroxyl groups is 3. The van der Waals surface area contributed by atoms with Crippen molar-refractivity contribution in [3.8, 4) is 5.75 Å². The van der Waals surface area contributed by atoms with Gasteiger partial charge in [0.2, 0.25) is 5.78 Å². The van der Waals surface area contributed by atoms with Crippen molar-refractivity contribution in [1.82, 2.24) is 9.80 Å². The minimum atomic E-state index is -3.07. The van der Waals surface area contributed by atoms with Crippen molar-refractivity contribution in [2.24, 2.45) is 17.6 Å². The number of nitrogens with two attached hydrogens (primary N) is 1. The van der Waals surface area contributed by atoms with Crippen LogP contribution in [0.1, 0.15) is 57.6 Å². The van der Waals surface area contributed by atoms with E-state index in [4.69, 9.17) is 15.2 Å². The number of phenolic OH excluding ortho intramolecular Hbond substituents is 1. The van der Waals surface area contributed by atoms with Gasteiger partial charge in [0, 0.05) is 18.0 Å². The number of carbonyl (C=O) groups excluding carboxylic acids is 5. The van der Waals surface area contributed by atoms with Crippen LogP contribution in [-0.4, -0.2) is 110 Å². The van der Waals surface area contributed by atoms with Gasteiger partial charge in [-0.25, -0.2) is 9.59 Å². The van der Waals surface area contributed by atoms with Crippen molar-refractivity contribution in [2.45, 2.75) is 75.8 Å². The van der Waals surface area contributed by atoms with Gasteiger partial charge in [0.05, 0.1) is 17.5 Å². The minimum absolute atomic E-state index is 0.0942. The number of fused-ring (bicyclic) bond motifs is 3. The third-order valence-electron chi connectivity index (χ3n) is 9.37. The highest BCUT2D eigenvalue weighted by Gasteiger charge is 2.69. The molecule has 5 rings (SSSR count). The van der Waals surface area contributed by atoms with Crippen LogP contribution in [0.3, 0.4) is 0 Å². The fourth-order valence-corrected chi connectivity index (χ4v) is 7.45. The van der Waals surface area contributed by atoms with Crippen LogP contribution >= 0.6 is 0 Å². The Kier molecular flexibility index (Phi) is 7.97.